The third-order valence-electron chi connectivity index (χ3n) is 3.93. The van der Waals surface area contributed by atoms with E-state index < -0.39 is 5.54 Å². The predicted octanol–water partition coefficient (Wildman–Crippen LogP) is 2.08. The maximum absolute atomic E-state index is 12.6. The molecule has 4 heteroatoms. The van der Waals surface area contributed by atoms with E-state index in [0.717, 1.165) is 23.0 Å². The summed E-state index contributed by atoms with van der Waals surface area (Å²) in [7, 11) is 5.70. The topological polar surface area (TPSA) is 55.4 Å². The van der Waals surface area contributed by atoms with Gasteiger partial charge >= 0.3 is 0 Å². The van der Waals surface area contributed by atoms with Crippen LogP contribution in [-0.4, -0.2) is 25.0 Å². The van der Waals surface area contributed by atoms with Crippen molar-refractivity contribution in [2.24, 2.45) is 16.6 Å². The Labute approximate surface area is 134 Å². The highest BCUT2D eigenvalue weighted by atomic mass is 16.1. The van der Waals surface area contributed by atoms with Crippen molar-refractivity contribution in [3.63, 3.8) is 0 Å². The summed E-state index contributed by atoms with van der Waals surface area (Å²) in [6.45, 7) is 6.08. The molecule has 0 aliphatic carbocycles. The van der Waals surface area contributed by atoms with Crippen LogP contribution in [0.3, 0.4) is 0 Å². The normalized spacial score (nSPS) is 22.3. The molecule has 1 aliphatic heterocycles. The Balaban J connectivity index is 2.19. The Morgan fingerprint density at radius 3 is 2.55 bits per heavy atom. The fraction of sp³-hybridized carbons (Fsp3) is 0.444. The van der Waals surface area contributed by atoms with E-state index in [2.05, 4.69) is 18.8 Å². The van der Waals surface area contributed by atoms with Crippen LogP contribution in [-0.2, 0) is 11.2 Å². The van der Waals surface area contributed by atoms with E-state index in [9.17, 15) is 4.79 Å². The molecular formula is C18H23BN2O. The lowest BCUT2D eigenvalue weighted by atomic mass is 9.84. The first-order chi connectivity index (χ1) is 10.3. The molecule has 0 saturated heterocycles. The van der Waals surface area contributed by atoms with Crippen LogP contribution in [0.4, 0.5) is 0 Å². The minimum absolute atomic E-state index is 0.142. The van der Waals surface area contributed by atoms with E-state index in [1.807, 2.05) is 37.3 Å². The van der Waals surface area contributed by atoms with E-state index in [0.29, 0.717) is 24.6 Å². The van der Waals surface area contributed by atoms with Gasteiger partial charge in [-0.1, -0.05) is 49.1 Å². The number of hydrogen-bond donors (Lipinski definition) is 1. The quantitative estimate of drug-likeness (QED) is 0.864. The SMILES string of the molecule is [B]c1ccc(CC2=CC(N)=NC(C)(CC(C)C)C(=O)C2)cc1. The molecule has 114 valence electrons. The lowest BCUT2D eigenvalue weighted by molar-refractivity contribution is -0.123. The second-order valence-corrected chi connectivity index (χ2v) is 6.73. The number of hydrogen-bond acceptors (Lipinski definition) is 3. The zero-order valence-electron chi connectivity index (χ0n) is 13.6. The Morgan fingerprint density at radius 2 is 1.95 bits per heavy atom. The van der Waals surface area contributed by atoms with Gasteiger partial charge in [-0.25, -0.2) is 0 Å². The third kappa shape index (κ3) is 4.09. The van der Waals surface area contributed by atoms with Crippen LogP contribution in [0.15, 0.2) is 40.9 Å². The molecule has 2 radical (unpaired) electrons. The van der Waals surface area contributed by atoms with E-state index in [1.165, 1.54) is 0 Å². The maximum atomic E-state index is 12.6. The number of Topliss-reactive ketones (excluding diaryl/α,β-unsaturated/α-hetero) is 1. The van der Waals surface area contributed by atoms with Crippen molar-refractivity contribution in [3.8, 4) is 0 Å². The summed E-state index contributed by atoms with van der Waals surface area (Å²) in [5.41, 5.74) is 8.17. The second-order valence-electron chi connectivity index (χ2n) is 6.73. The lowest BCUT2D eigenvalue weighted by Crippen LogP contribution is -2.36. The standard InChI is InChI=1S/C18H23BN2O/c1-12(2)11-18(3)16(22)9-14(10-17(20)21-18)8-13-4-6-15(19)7-5-13/h4-7,10,12H,8-9,11H2,1-3H3,(H2,20,21). The molecule has 1 atom stereocenters. The molecule has 1 aromatic carbocycles. The van der Waals surface area contributed by atoms with Gasteiger partial charge in [-0.05, 0) is 37.3 Å². The minimum Gasteiger partial charge on any atom is -0.384 e. The molecule has 0 saturated carbocycles. The summed E-state index contributed by atoms with van der Waals surface area (Å²) < 4.78 is 0. The van der Waals surface area contributed by atoms with Crippen LogP contribution in [0, 0.1) is 5.92 Å². The molecule has 0 amide bonds. The van der Waals surface area contributed by atoms with Crippen LogP contribution in [0.1, 0.15) is 39.2 Å². The molecular weight excluding hydrogens is 271 g/mol. The van der Waals surface area contributed by atoms with Crippen molar-refractivity contribution < 1.29 is 4.79 Å². The highest BCUT2D eigenvalue weighted by Crippen LogP contribution is 2.28. The van der Waals surface area contributed by atoms with Crippen LogP contribution in [0.5, 0.6) is 0 Å². The van der Waals surface area contributed by atoms with Gasteiger partial charge in [0.05, 0.1) is 0 Å². The molecule has 2 rings (SSSR count). The largest absolute Gasteiger partial charge is 0.384 e. The minimum atomic E-state index is -0.711. The van der Waals surface area contributed by atoms with Gasteiger partial charge in [-0.15, -0.1) is 0 Å². The molecule has 22 heavy (non-hydrogen) atoms. The fourth-order valence-electron chi connectivity index (χ4n) is 3.00. The monoisotopic (exact) mass is 294 g/mol. The summed E-state index contributed by atoms with van der Waals surface area (Å²) in [6.07, 6.45) is 3.66. The highest BCUT2D eigenvalue weighted by molar-refractivity contribution is 6.32. The van der Waals surface area contributed by atoms with Crippen LogP contribution < -0.4 is 11.2 Å². The molecule has 1 aromatic rings. The number of carbonyl (C=O) groups is 1. The van der Waals surface area contributed by atoms with Crippen LogP contribution >= 0.6 is 0 Å². The van der Waals surface area contributed by atoms with Gasteiger partial charge in [0, 0.05) is 6.42 Å². The van der Waals surface area contributed by atoms with E-state index in [1.54, 1.807) is 0 Å². The first kappa shape index (κ1) is 16.5. The summed E-state index contributed by atoms with van der Waals surface area (Å²) >= 11 is 0. The third-order valence-corrected chi connectivity index (χ3v) is 3.93. The second kappa shape index (κ2) is 6.51. The Morgan fingerprint density at radius 1 is 1.32 bits per heavy atom. The van der Waals surface area contributed by atoms with Gasteiger partial charge in [0.1, 0.15) is 19.2 Å². The van der Waals surface area contributed by atoms with Gasteiger partial charge < -0.3 is 5.73 Å². The molecule has 1 aliphatic rings. The fourth-order valence-corrected chi connectivity index (χ4v) is 3.00. The van der Waals surface area contributed by atoms with E-state index in [-0.39, 0.29) is 5.78 Å². The van der Waals surface area contributed by atoms with Gasteiger partial charge in [-0.3, -0.25) is 9.79 Å². The predicted molar refractivity (Wildman–Crippen MR) is 92.7 cm³/mol. The summed E-state index contributed by atoms with van der Waals surface area (Å²) in [4.78, 5) is 17.1. The first-order valence-electron chi connectivity index (χ1n) is 7.71. The van der Waals surface area contributed by atoms with Crippen molar-refractivity contribution in [2.75, 3.05) is 0 Å². The first-order valence-corrected chi connectivity index (χ1v) is 7.71. The molecule has 0 aromatic heterocycles. The van der Waals surface area contributed by atoms with E-state index >= 15 is 0 Å². The highest BCUT2D eigenvalue weighted by Gasteiger charge is 2.35. The van der Waals surface area contributed by atoms with Gasteiger partial charge in [-0.2, -0.15) is 0 Å². The number of amidine groups is 1. The Hall–Kier alpha value is -1.84. The Kier molecular flexibility index (Phi) is 4.89. The molecule has 0 fully saturated rings. The van der Waals surface area contributed by atoms with Crippen LogP contribution in [0.2, 0.25) is 0 Å². The average Bonchev–Trinajstić information content (AvgIpc) is 2.48. The number of nitrogens with zero attached hydrogens (tertiary/aromatic N) is 1. The zero-order chi connectivity index (χ0) is 16.3. The molecule has 0 spiro atoms. The number of benzene rings is 1. The molecule has 0 bridgehead atoms. The number of carbonyl (C=O) groups excluding carboxylic acids is 1. The summed E-state index contributed by atoms with van der Waals surface area (Å²) in [6, 6.07) is 7.70. The molecule has 1 unspecified atom stereocenters. The zero-order valence-corrected chi connectivity index (χ0v) is 13.6. The number of nitrogens with two attached hydrogens (primary N) is 1. The maximum Gasteiger partial charge on any atom is 0.164 e. The van der Waals surface area contributed by atoms with Gasteiger partial charge in [0.2, 0.25) is 0 Å². The number of ketones is 1. The number of rotatable bonds is 4. The number of allylic oxidation sites excluding steroid dienone is 1. The smallest absolute Gasteiger partial charge is 0.164 e. The Bertz CT molecular complexity index is 616. The summed E-state index contributed by atoms with van der Waals surface area (Å²) in [5, 5.41) is 0. The van der Waals surface area contributed by atoms with E-state index in [4.69, 9.17) is 13.6 Å². The van der Waals surface area contributed by atoms with Gasteiger partial charge in [0.25, 0.3) is 0 Å². The summed E-state index contributed by atoms with van der Waals surface area (Å²) in [5.74, 6) is 0.979. The van der Waals surface area contributed by atoms with Crippen molar-refractivity contribution in [1.82, 2.24) is 0 Å². The van der Waals surface area contributed by atoms with Crippen molar-refractivity contribution in [1.29, 1.82) is 0 Å². The molecule has 2 N–H and O–H groups in total. The number of aliphatic imine (C=N–C) groups is 1. The van der Waals surface area contributed by atoms with Gasteiger partial charge in [0.15, 0.2) is 5.78 Å². The van der Waals surface area contributed by atoms with Crippen molar-refractivity contribution in [2.45, 2.75) is 45.6 Å². The van der Waals surface area contributed by atoms with Crippen molar-refractivity contribution >= 4 is 24.9 Å². The molecule has 1 heterocycles. The van der Waals surface area contributed by atoms with Crippen molar-refractivity contribution in [3.05, 3.63) is 41.5 Å². The lowest BCUT2D eigenvalue weighted by Gasteiger charge is -2.25. The average molecular weight is 294 g/mol. The van der Waals surface area contributed by atoms with Crippen LogP contribution in [0.25, 0.3) is 0 Å². The molecule has 3 nitrogen and oxygen atoms in total.